The molecule has 1 aliphatic rings. The molecule has 0 aliphatic carbocycles. The number of hydrogen-bond donors (Lipinski definition) is 1. The SMILES string of the molecule is CC1CC(c2cccc(F)c2F)c2ccccc2N1. The number of fused-ring (bicyclic) bond motifs is 1. The second-order valence-corrected chi connectivity index (χ2v) is 5.06. The van der Waals surface area contributed by atoms with Crippen molar-refractivity contribution < 1.29 is 8.78 Å². The fraction of sp³-hybridized carbons (Fsp3) is 0.250. The van der Waals surface area contributed by atoms with Gasteiger partial charge >= 0.3 is 0 Å². The van der Waals surface area contributed by atoms with Crippen molar-refractivity contribution in [3.05, 3.63) is 65.2 Å². The largest absolute Gasteiger partial charge is 0.382 e. The number of anilines is 1. The van der Waals surface area contributed by atoms with Gasteiger partial charge in [-0.15, -0.1) is 0 Å². The molecule has 0 radical (unpaired) electrons. The molecular formula is C16H15F2N. The Bertz CT molecular complexity index is 609. The molecule has 3 heteroatoms. The fourth-order valence-corrected chi connectivity index (χ4v) is 2.82. The van der Waals surface area contributed by atoms with Gasteiger partial charge in [-0.1, -0.05) is 30.3 Å². The van der Waals surface area contributed by atoms with Crippen molar-refractivity contribution in [2.45, 2.75) is 25.3 Å². The van der Waals surface area contributed by atoms with E-state index in [9.17, 15) is 8.78 Å². The molecule has 1 aliphatic heterocycles. The van der Waals surface area contributed by atoms with E-state index in [-0.39, 0.29) is 12.0 Å². The van der Waals surface area contributed by atoms with E-state index >= 15 is 0 Å². The van der Waals surface area contributed by atoms with Gasteiger partial charge in [0.2, 0.25) is 0 Å². The Morgan fingerprint density at radius 3 is 2.58 bits per heavy atom. The summed E-state index contributed by atoms with van der Waals surface area (Å²) in [4.78, 5) is 0. The van der Waals surface area contributed by atoms with Gasteiger partial charge in [-0.2, -0.15) is 0 Å². The van der Waals surface area contributed by atoms with Crippen molar-refractivity contribution in [2.75, 3.05) is 5.32 Å². The van der Waals surface area contributed by atoms with Gasteiger partial charge in [-0.05, 0) is 36.6 Å². The van der Waals surface area contributed by atoms with Gasteiger partial charge in [0.1, 0.15) is 0 Å². The van der Waals surface area contributed by atoms with E-state index in [1.54, 1.807) is 12.1 Å². The van der Waals surface area contributed by atoms with Gasteiger partial charge in [0.15, 0.2) is 11.6 Å². The summed E-state index contributed by atoms with van der Waals surface area (Å²) >= 11 is 0. The van der Waals surface area contributed by atoms with Gasteiger partial charge in [0.05, 0.1) is 0 Å². The second-order valence-electron chi connectivity index (χ2n) is 5.06. The van der Waals surface area contributed by atoms with E-state index in [0.717, 1.165) is 23.7 Å². The van der Waals surface area contributed by atoms with Crippen LogP contribution in [0.2, 0.25) is 0 Å². The number of para-hydroxylation sites is 1. The van der Waals surface area contributed by atoms with Gasteiger partial charge in [0, 0.05) is 17.6 Å². The lowest BCUT2D eigenvalue weighted by Crippen LogP contribution is -2.26. The third kappa shape index (κ3) is 2.09. The molecule has 1 N–H and O–H groups in total. The van der Waals surface area contributed by atoms with Crippen LogP contribution in [0, 0.1) is 11.6 Å². The summed E-state index contributed by atoms with van der Waals surface area (Å²) in [6.45, 7) is 2.06. The minimum Gasteiger partial charge on any atom is -0.382 e. The molecule has 2 aromatic rings. The topological polar surface area (TPSA) is 12.0 Å². The summed E-state index contributed by atoms with van der Waals surface area (Å²) in [5.74, 6) is -1.60. The lowest BCUT2D eigenvalue weighted by molar-refractivity contribution is 0.485. The van der Waals surface area contributed by atoms with Crippen molar-refractivity contribution in [3.63, 3.8) is 0 Å². The molecule has 3 rings (SSSR count). The van der Waals surface area contributed by atoms with Crippen LogP contribution in [0.15, 0.2) is 42.5 Å². The Hall–Kier alpha value is -1.90. The maximum absolute atomic E-state index is 14.0. The molecule has 1 nitrogen and oxygen atoms in total. The molecule has 0 amide bonds. The normalized spacial score (nSPS) is 21.6. The number of halogens is 2. The molecule has 19 heavy (non-hydrogen) atoms. The summed E-state index contributed by atoms with van der Waals surface area (Å²) in [6.07, 6.45) is 0.761. The predicted molar refractivity (Wildman–Crippen MR) is 72.3 cm³/mol. The van der Waals surface area contributed by atoms with E-state index in [1.807, 2.05) is 24.3 Å². The lowest BCUT2D eigenvalue weighted by Gasteiger charge is -2.31. The van der Waals surface area contributed by atoms with Crippen LogP contribution in [0.1, 0.15) is 30.4 Å². The molecule has 0 spiro atoms. The Morgan fingerprint density at radius 1 is 1.00 bits per heavy atom. The van der Waals surface area contributed by atoms with E-state index < -0.39 is 11.6 Å². The van der Waals surface area contributed by atoms with Gasteiger partial charge in [-0.3, -0.25) is 0 Å². The van der Waals surface area contributed by atoms with Gasteiger partial charge < -0.3 is 5.32 Å². The van der Waals surface area contributed by atoms with Crippen LogP contribution in [-0.4, -0.2) is 6.04 Å². The zero-order chi connectivity index (χ0) is 13.4. The molecule has 0 fully saturated rings. The Balaban J connectivity index is 2.13. The van der Waals surface area contributed by atoms with Crippen molar-refractivity contribution in [2.24, 2.45) is 0 Å². The van der Waals surface area contributed by atoms with Crippen molar-refractivity contribution >= 4 is 5.69 Å². The van der Waals surface area contributed by atoms with Crippen molar-refractivity contribution in [1.82, 2.24) is 0 Å². The van der Waals surface area contributed by atoms with Gasteiger partial charge in [-0.25, -0.2) is 8.78 Å². The first-order chi connectivity index (χ1) is 9.16. The average Bonchev–Trinajstić information content (AvgIpc) is 2.41. The highest BCUT2D eigenvalue weighted by molar-refractivity contribution is 5.58. The van der Waals surface area contributed by atoms with Crippen LogP contribution < -0.4 is 5.32 Å². The van der Waals surface area contributed by atoms with Crippen LogP contribution in [0.25, 0.3) is 0 Å². The van der Waals surface area contributed by atoms with Gasteiger partial charge in [0.25, 0.3) is 0 Å². The quantitative estimate of drug-likeness (QED) is 0.805. The maximum Gasteiger partial charge on any atom is 0.162 e. The lowest BCUT2D eigenvalue weighted by atomic mass is 9.82. The highest BCUT2D eigenvalue weighted by Gasteiger charge is 2.27. The third-order valence-corrected chi connectivity index (χ3v) is 3.68. The van der Waals surface area contributed by atoms with Crippen molar-refractivity contribution in [3.8, 4) is 0 Å². The molecular weight excluding hydrogens is 244 g/mol. The molecule has 98 valence electrons. The number of benzene rings is 2. The summed E-state index contributed by atoms with van der Waals surface area (Å²) in [7, 11) is 0. The molecule has 0 bridgehead atoms. The predicted octanol–water partition coefficient (Wildman–Crippen LogP) is 4.30. The van der Waals surface area contributed by atoms with E-state index in [1.165, 1.54) is 0 Å². The maximum atomic E-state index is 14.0. The number of rotatable bonds is 1. The Labute approximate surface area is 111 Å². The molecule has 2 unspecified atom stereocenters. The Kier molecular flexibility index (Phi) is 2.97. The highest BCUT2D eigenvalue weighted by Crippen LogP contribution is 2.39. The van der Waals surface area contributed by atoms with E-state index in [4.69, 9.17) is 0 Å². The smallest absolute Gasteiger partial charge is 0.162 e. The molecule has 0 saturated heterocycles. The average molecular weight is 259 g/mol. The van der Waals surface area contributed by atoms with Crippen LogP contribution in [0.4, 0.5) is 14.5 Å². The first kappa shape index (κ1) is 12.2. The molecule has 0 aromatic heterocycles. The third-order valence-electron chi connectivity index (χ3n) is 3.68. The minimum absolute atomic E-state index is 0.0943. The summed E-state index contributed by atoms with van der Waals surface area (Å²) < 4.78 is 27.4. The van der Waals surface area contributed by atoms with Crippen LogP contribution in [0.5, 0.6) is 0 Å². The van der Waals surface area contributed by atoms with Crippen molar-refractivity contribution in [1.29, 1.82) is 0 Å². The summed E-state index contributed by atoms with van der Waals surface area (Å²) in [5.41, 5.74) is 2.49. The zero-order valence-electron chi connectivity index (χ0n) is 10.7. The zero-order valence-corrected chi connectivity index (χ0v) is 10.7. The minimum atomic E-state index is -0.777. The summed E-state index contributed by atoms with van der Waals surface area (Å²) in [6, 6.07) is 12.5. The number of hydrogen-bond acceptors (Lipinski definition) is 1. The Morgan fingerprint density at radius 2 is 1.74 bits per heavy atom. The van der Waals surface area contributed by atoms with Crippen LogP contribution >= 0.6 is 0 Å². The molecule has 0 saturated carbocycles. The van der Waals surface area contributed by atoms with E-state index in [2.05, 4.69) is 12.2 Å². The monoisotopic (exact) mass is 259 g/mol. The standard InChI is InChI=1S/C16H15F2N/c1-10-9-13(11-5-2-3-8-15(11)19-10)12-6-4-7-14(17)16(12)18/h2-8,10,13,19H,9H2,1H3. The van der Waals surface area contributed by atoms with Crippen LogP contribution in [0.3, 0.4) is 0 Å². The summed E-state index contributed by atoms with van der Waals surface area (Å²) in [5, 5.41) is 3.38. The first-order valence-corrected chi connectivity index (χ1v) is 6.46. The fourth-order valence-electron chi connectivity index (χ4n) is 2.82. The molecule has 2 atom stereocenters. The first-order valence-electron chi connectivity index (χ1n) is 6.46. The molecule has 2 aromatic carbocycles. The van der Waals surface area contributed by atoms with E-state index in [0.29, 0.717) is 5.56 Å². The van der Waals surface area contributed by atoms with Crippen LogP contribution in [-0.2, 0) is 0 Å². The second kappa shape index (κ2) is 4.65. The molecule has 1 heterocycles. The highest BCUT2D eigenvalue weighted by atomic mass is 19.2. The number of nitrogens with one attached hydrogen (secondary N) is 1.